The van der Waals surface area contributed by atoms with Gasteiger partial charge in [-0.15, -0.1) is 11.6 Å². The molecule has 0 saturated carbocycles. The summed E-state index contributed by atoms with van der Waals surface area (Å²) in [5, 5.41) is 0. The Morgan fingerprint density at radius 2 is 2.31 bits per heavy atom. The predicted octanol–water partition coefficient (Wildman–Crippen LogP) is 2.90. The maximum atomic E-state index is 12.0. The Kier molecular flexibility index (Phi) is 4.24. The molecule has 0 aromatic carbocycles. The van der Waals surface area contributed by atoms with Gasteiger partial charge in [0.2, 0.25) is 0 Å². The van der Waals surface area contributed by atoms with E-state index >= 15 is 0 Å². The smallest absolute Gasteiger partial charge is 0.287 e. The van der Waals surface area contributed by atoms with Crippen LogP contribution in [0, 0.1) is 0 Å². The second-order valence-corrected chi connectivity index (χ2v) is 6.31. The minimum Gasteiger partial charge on any atom is -0.312 e. The summed E-state index contributed by atoms with van der Waals surface area (Å²) in [6.07, 6.45) is 2.00. The molecule has 1 saturated heterocycles. The minimum absolute atomic E-state index is 0.108. The van der Waals surface area contributed by atoms with E-state index in [9.17, 15) is 4.57 Å². The van der Waals surface area contributed by atoms with E-state index in [0.717, 1.165) is 25.9 Å². The summed E-state index contributed by atoms with van der Waals surface area (Å²) in [5.74, 6) is 0. The number of hydrogen-bond acceptors (Lipinski definition) is 2. The van der Waals surface area contributed by atoms with Crippen LogP contribution in [0.1, 0.15) is 26.7 Å². The number of nitrogens with zero attached hydrogens (tertiary/aromatic N) is 1. The maximum Gasteiger partial charge on any atom is 0.287 e. The molecule has 2 unspecified atom stereocenters. The molecule has 0 aromatic rings. The van der Waals surface area contributed by atoms with Gasteiger partial charge in [0.15, 0.2) is 0 Å². The molecular formula is C8H17ClNO2P. The van der Waals surface area contributed by atoms with Gasteiger partial charge >= 0.3 is 0 Å². The van der Waals surface area contributed by atoms with Gasteiger partial charge in [-0.3, -0.25) is 4.57 Å². The largest absolute Gasteiger partial charge is 0.312 e. The van der Waals surface area contributed by atoms with Crippen molar-refractivity contribution in [1.82, 2.24) is 4.67 Å². The molecule has 0 aliphatic carbocycles. The predicted molar refractivity (Wildman–Crippen MR) is 55.4 cm³/mol. The molecule has 0 spiro atoms. The fraction of sp³-hybridized carbons (Fsp3) is 1.00. The van der Waals surface area contributed by atoms with E-state index in [2.05, 4.69) is 6.92 Å². The summed E-state index contributed by atoms with van der Waals surface area (Å²) in [6.45, 7) is 5.70. The normalized spacial score (nSPS) is 35.5. The summed E-state index contributed by atoms with van der Waals surface area (Å²) in [6, 6.07) is 0. The van der Waals surface area contributed by atoms with Gasteiger partial charge in [-0.2, -0.15) is 0 Å². The molecule has 1 heterocycles. The number of rotatable bonds is 4. The van der Waals surface area contributed by atoms with Crippen molar-refractivity contribution in [2.24, 2.45) is 0 Å². The van der Waals surface area contributed by atoms with Crippen LogP contribution in [0.4, 0.5) is 0 Å². The van der Waals surface area contributed by atoms with E-state index in [4.69, 9.17) is 16.1 Å². The lowest BCUT2D eigenvalue weighted by Crippen LogP contribution is -2.20. The highest BCUT2D eigenvalue weighted by Gasteiger charge is 2.40. The van der Waals surface area contributed by atoms with Crippen molar-refractivity contribution >= 4 is 19.1 Å². The zero-order valence-electron chi connectivity index (χ0n) is 8.20. The highest BCUT2D eigenvalue weighted by Crippen LogP contribution is 2.57. The zero-order chi connectivity index (χ0) is 9.90. The van der Waals surface area contributed by atoms with Crippen molar-refractivity contribution < 1.29 is 9.09 Å². The highest BCUT2D eigenvalue weighted by molar-refractivity contribution is 7.58. The van der Waals surface area contributed by atoms with Gasteiger partial charge in [-0.05, 0) is 12.8 Å². The molecule has 2 atom stereocenters. The van der Waals surface area contributed by atoms with Gasteiger partial charge in [0.25, 0.3) is 7.52 Å². The lowest BCUT2D eigenvalue weighted by atomic mass is 10.3. The Morgan fingerprint density at radius 3 is 2.77 bits per heavy atom. The first-order chi connectivity index (χ1) is 6.16. The molecule has 0 aromatic heterocycles. The van der Waals surface area contributed by atoms with Crippen molar-refractivity contribution in [3.63, 3.8) is 0 Å². The Balaban J connectivity index is 2.65. The van der Waals surface area contributed by atoms with E-state index in [1.165, 1.54) is 0 Å². The molecule has 1 fully saturated rings. The standard InChI is InChI=1S/C8H17ClNO2P/c1-3-5-10-6-8(4-2)12-13(10,11)7-9/h8H,3-7H2,1-2H3. The van der Waals surface area contributed by atoms with Crippen molar-refractivity contribution in [1.29, 1.82) is 0 Å². The first-order valence-corrected chi connectivity index (χ1v) is 7.04. The molecule has 1 rings (SSSR count). The average Bonchev–Trinajstić information content (AvgIpc) is 2.45. The Bertz CT molecular complexity index is 212. The second-order valence-electron chi connectivity index (χ2n) is 3.31. The molecule has 78 valence electrons. The van der Waals surface area contributed by atoms with Crippen molar-refractivity contribution in [2.75, 3.05) is 18.7 Å². The van der Waals surface area contributed by atoms with Crippen LogP contribution in [0.2, 0.25) is 0 Å². The first kappa shape index (κ1) is 11.5. The third-order valence-electron chi connectivity index (χ3n) is 2.25. The lowest BCUT2D eigenvalue weighted by Gasteiger charge is -2.19. The molecule has 5 heteroatoms. The lowest BCUT2D eigenvalue weighted by molar-refractivity contribution is 0.237. The first-order valence-electron chi connectivity index (χ1n) is 4.75. The fourth-order valence-corrected chi connectivity index (χ4v) is 4.08. The van der Waals surface area contributed by atoms with Gasteiger partial charge in [0.1, 0.15) is 5.62 Å². The summed E-state index contributed by atoms with van der Waals surface area (Å²) in [4.78, 5) is 0. The summed E-state index contributed by atoms with van der Waals surface area (Å²) in [7, 11) is -2.65. The third kappa shape index (κ3) is 2.47. The van der Waals surface area contributed by atoms with Crippen molar-refractivity contribution in [3.05, 3.63) is 0 Å². The maximum absolute atomic E-state index is 12.0. The molecule has 1 aliphatic rings. The topological polar surface area (TPSA) is 29.5 Å². The zero-order valence-corrected chi connectivity index (χ0v) is 9.85. The summed E-state index contributed by atoms with van der Waals surface area (Å²) >= 11 is 5.67. The second kappa shape index (κ2) is 4.79. The minimum atomic E-state index is -2.65. The van der Waals surface area contributed by atoms with Gasteiger partial charge in [0.05, 0.1) is 6.10 Å². The molecule has 3 nitrogen and oxygen atoms in total. The molecule has 13 heavy (non-hydrogen) atoms. The van der Waals surface area contributed by atoms with Crippen molar-refractivity contribution in [2.45, 2.75) is 32.8 Å². The summed E-state index contributed by atoms with van der Waals surface area (Å²) < 4.78 is 19.4. The molecule has 0 N–H and O–H groups in total. The van der Waals surface area contributed by atoms with E-state index in [1.54, 1.807) is 0 Å². The van der Waals surface area contributed by atoms with E-state index < -0.39 is 7.52 Å². The van der Waals surface area contributed by atoms with Gasteiger partial charge < -0.3 is 4.52 Å². The number of alkyl halides is 1. The van der Waals surface area contributed by atoms with Crippen LogP contribution < -0.4 is 0 Å². The van der Waals surface area contributed by atoms with Crippen LogP contribution in [0.3, 0.4) is 0 Å². The Morgan fingerprint density at radius 1 is 1.62 bits per heavy atom. The van der Waals surface area contributed by atoms with Crippen LogP contribution >= 0.6 is 19.1 Å². The van der Waals surface area contributed by atoms with Gasteiger partial charge in [-0.25, -0.2) is 4.67 Å². The quantitative estimate of drug-likeness (QED) is 0.544. The van der Waals surface area contributed by atoms with E-state index in [0.29, 0.717) is 0 Å². The monoisotopic (exact) mass is 225 g/mol. The molecule has 1 aliphatic heterocycles. The van der Waals surface area contributed by atoms with E-state index in [1.807, 2.05) is 11.6 Å². The van der Waals surface area contributed by atoms with E-state index in [-0.39, 0.29) is 11.7 Å². The van der Waals surface area contributed by atoms with Crippen molar-refractivity contribution in [3.8, 4) is 0 Å². The summed E-state index contributed by atoms with van der Waals surface area (Å²) in [5.41, 5.74) is 0.115. The SMILES string of the molecule is CCCN1CC(CC)OP1(=O)CCl. The van der Waals surface area contributed by atoms with Crippen LogP contribution in [0.25, 0.3) is 0 Å². The fourth-order valence-electron chi connectivity index (χ4n) is 1.50. The van der Waals surface area contributed by atoms with Gasteiger partial charge in [0, 0.05) is 13.1 Å². The molecule has 0 bridgehead atoms. The molecule has 0 amide bonds. The molecular weight excluding hydrogens is 209 g/mol. The Labute approximate surface area is 84.9 Å². The molecule has 0 radical (unpaired) electrons. The number of hydrogen-bond donors (Lipinski definition) is 0. The van der Waals surface area contributed by atoms with Gasteiger partial charge in [-0.1, -0.05) is 13.8 Å². The highest BCUT2D eigenvalue weighted by atomic mass is 35.5. The van der Waals surface area contributed by atoms with Crippen LogP contribution in [0.15, 0.2) is 0 Å². The van der Waals surface area contributed by atoms with Crippen LogP contribution in [-0.2, 0) is 9.09 Å². The third-order valence-corrected chi connectivity index (χ3v) is 5.31. The van der Waals surface area contributed by atoms with Crippen LogP contribution in [0.5, 0.6) is 0 Å². The van der Waals surface area contributed by atoms with Crippen LogP contribution in [-0.4, -0.2) is 29.5 Å². The number of halogens is 1. The Hall–Kier alpha value is 0.440. The average molecular weight is 226 g/mol.